The highest BCUT2D eigenvalue weighted by molar-refractivity contribution is 5.80. The molecule has 0 aliphatic rings. The zero-order valence-electron chi connectivity index (χ0n) is 9.45. The number of aliphatic carboxylic acids is 1. The minimum absolute atomic E-state index is 0.0596. The Morgan fingerprint density at radius 2 is 2.07 bits per heavy atom. The van der Waals surface area contributed by atoms with E-state index in [1.807, 2.05) is 6.92 Å². The van der Waals surface area contributed by atoms with Gasteiger partial charge in [0.05, 0.1) is 0 Å². The number of hydrogen-bond donors (Lipinski definition) is 2. The standard InChI is InChI=1S/C10H19NO4/c1-4-8(15-3)10(14)11-6-7(2)5-9(12)13/h7-8H,4-6H2,1-3H3,(H,11,14)(H,12,13). The first-order valence-corrected chi connectivity index (χ1v) is 5.03. The van der Waals surface area contributed by atoms with E-state index >= 15 is 0 Å². The van der Waals surface area contributed by atoms with Crippen LogP contribution in [0.3, 0.4) is 0 Å². The molecule has 2 atom stereocenters. The van der Waals surface area contributed by atoms with Crippen molar-refractivity contribution in [1.29, 1.82) is 0 Å². The number of carbonyl (C=O) groups is 2. The van der Waals surface area contributed by atoms with Crippen molar-refractivity contribution in [2.45, 2.75) is 32.8 Å². The molecule has 0 aromatic carbocycles. The maximum Gasteiger partial charge on any atom is 0.303 e. The van der Waals surface area contributed by atoms with Crippen LogP contribution in [0.2, 0.25) is 0 Å². The summed E-state index contributed by atoms with van der Waals surface area (Å²) in [5, 5.41) is 11.2. The molecular formula is C10H19NO4. The summed E-state index contributed by atoms with van der Waals surface area (Å²) < 4.78 is 4.95. The van der Waals surface area contributed by atoms with Gasteiger partial charge in [-0.25, -0.2) is 0 Å². The molecule has 15 heavy (non-hydrogen) atoms. The summed E-state index contributed by atoms with van der Waals surface area (Å²) >= 11 is 0. The molecule has 0 saturated carbocycles. The Balaban J connectivity index is 3.83. The molecule has 0 aliphatic carbocycles. The van der Waals surface area contributed by atoms with Crippen LogP contribution in [0.25, 0.3) is 0 Å². The summed E-state index contributed by atoms with van der Waals surface area (Å²) in [5.74, 6) is -1.10. The van der Waals surface area contributed by atoms with Crippen molar-refractivity contribution < 1.29 is 19.4 Å². The molecule has 0 aliphatic heterocycles. The highest BCUT2D eigenvalue weighted by atomic mass is 16.5. The molecule has 5 heteroatoms. The maximum absolute atomic E-state index is 11.4. The Hall–Kier alpha value is -1.10. The number of hydrogen-bond acceptors (Lipinski definition) is 3. The quantitative estimate of drug-likeness (QED) is 0.656. The zero-order chi connectivity index (χ0) is 11.8. The summed E-state index contributed by atoms with van der Waals surface area (Å²) in [7, 11) is 1.48. The van der Waals surface area contributed by atoms with Gasteiger partial charge in [-0.05, 0) is 12.3 Å². The third kappa shape index (κ3) is 6.06. The molecule has 0 rings (SSSR count). The Morgan fingerprint density at radius 1 is 1.47 bits per heavy atom. The van der Waals surface area contributed by atoms with E-state index in [9.17, 15) is 9.59 Å². The number of ether oxygens (including phenoxy) is 1. The average molecular weight is 217 g/mol. The molecule has 0 bridgehead atoms. The van der Waals surface area contributed by atoms with Crippen LogP contribution in [-0.2, 0) is 14.3 Å². The lowest BCUT2D eigenvalue weighted by molar-refractivity contribution is -0.138. The molecule has 0 heterocycles. The SMILES string of the molecule is CCC(OC)C(=O)NCC(C)CC(=O)O. The Labute approximate surface area is 89.8 Å². The number of carboxylic acid groups (broad SMARTS) is 1. The number of methoxy groups -OCH3 is 1. The van der Waals surface area contributed by atoms with Gasteiger partial charge in [-0.3, -0.25) is 9.59 Å². The van der Waals surface area contributed by atoms with Crippen molar-refractivity contribution >= 4 is 11.9 Å². The van der Waals surface area contributed by atoms with Crippen molar-refractivity contribution in [3.63, 3.8) is 0 Å². The molecule has 0 spiro atoms. The summed E-state index contributed by atoms with van der Waals surface area (Å²) in [6.45, 7) is 4.00. The molecule has 0 radical (unpaired) electrons. The van der Waals surface area contributed by atoms with E-state index < -0.39 is 12.1 Å². The van der Waals surface area contributed by atoms with Crippen LogP contribution in [0, 0.1) is 5.92 Å². The minimum atomic E-state index is -0.851. The van der Waals surface area contributed by atoms with E-state index in [4.69, 9.17) is 9.84 Å². The molecule has 2 N–H and O–H groups in total. The van der Waals surface area contributed by atoms with Crippen molar-refractivity contribution in [2.24, 2.45) is 5.92 Å². The molecule has 5 nitrogen and oxygen atoms in total. The van der Waals surface area contributed by atoms with Crippen LogP contribution >= 0.6 is 0 Å². The highest BCUT2D eigenvalue weighted by Crippen LogP contribution is 2.01. The second-order valence-electron chi connectivity index (χ2n) is 3.58. The van der Waals surface area contributed by atoms with Crippen LogP contribution in [0.5, 0.6) is 0 Å². The lowest BCUT2D eigenvalue weighted by Gasteiger charge is -2.15. The highest BCUT2D eigenvalue weighted by Gasteiger charge is 2.16. The van der Waals surface area contributed by atoms with Crippen LogP contribution in [0.4, 0.5) is 0 Å². The van der Waals surface area contributed by atoms with Crippen molar-refractivity contribution in [3.05, 3.63) is 0 Å². The van der Waals surface area contributed by atoms with Crippen LogP contribution in [-0.4, -0.2) is 36.7 Å². The Morgan fingerprint density at radius 3 is 2.47 bits per heavy atom. The minimum Gasteiger partial charge on any atom is -0.481 e. The molecule has 88 valence electrons. The van der Waals surface area contributed by atoms with E-state index in [0.717, 1.165) is 0 Å². The molecule has 1 amide bonds. The van der Waals surface area contributed by atoms with E-state index in [-0.39, 0.29) is 18.2 Å². The second kappa shape index (κ2) is 7.23. The third-order valence-corrected chi connectivity index (χ3v) is 2.10. The number of carboxylic acids is 1. The fraction of sp³-hybridized carbons (Fsp3) is 0.800. The van der Waals surface area contributed by atoms with Gasteiger partial charge in [0.2, 0.25) is 5.91 Å². The van der Waals surface area contributed by atoms with Gasteiger partial charge in [0.25, 0.3) is 0 Å². The summed E-state index contributed by atoms with van der Waals surface area (Å²) in [5.41, 5.74) is 0. The Kier molecular flexibility index (Phi) is 6.70. The topological polar surface area (TPSA) is 75.6 Å². The van der Waals surface area contributed by atoms with E-state index in [2.05, 4.69) is 5.32 Å². The van der Waals surface area contributed by atoms with Crippen LogP contribution < -0.4 is 5.32 Å². The summed E-state index contributed by atoms with van der Waals surface area (Å²) in [6, 6.07) is 0. The van der Waals surface area contributed by atoms with Gasteiger partial charge in [-0.2, -0.15) is 0 Å². The largest absolute Gasteiger partial charge is 0.481 e. The first-order valence-electron chi connectivity index (χ1n) is 5.03. The van der Waals surface area contributed by atoms with Crippen molar-refractivity contribution in [1.82, 2.24) is 5.32 Å². The van der Waals surface area contributed by atoms with E-state index in [1.54, 1.807) is 6.92 Å². The van der Waals surface area contributed by atoms with Gasteiger partial charge < -0.3 is 15.2 Å². The summed E-state index contributed by atoms with van der Waals surface area (Å²) in [6.07, 6.45) is 0.224. The predicted molar refractivity (Wildman–Crippen MR) is 55.5 cm³/mol. The lowest BCUT2D eigenvalue weighted by atomic mass is 10.1. The fourth-order valence-corrected chi connectivity index (χ4v) is 1.22. The monoisotopic (exact) mass is 217 g/mol. The van der Waals surface area contributed by atoms with Crippen molar-refractivity contribution in [2.75, 3.05) is 13.7 Å². The second-order valence-corrected chi connectivity index (χ2v) is 3.58. The van der Waals surface area contributed by atoms with Gasteiger partial charge in [0, 0.05) is 20.1 Å². The number of rotatable bonds is 7. The number of nitrogens with one attached hydrogen (secondary N) is 1. The molecule has 0 saturated heterocycles. The summed E-state index contributed by atoms with van der Waals surface area (Å²) in [4.78, 5) is 21.8. The lowest BCUT2D eigenvalue weighted by Crippen LogP contribution is -2.38. The maximum atomic E-state index is 11.4. The third-order valence-electron chi connectivity index (χ3n) is 2.10. The first kappa shape index (κ1) is 13.9. The fourth-order valence-electron chi connectivity index (χ4n) is 1.22. The number of amides is 1. The number of carbonyl (C=O) groups excluding carboxylic acids is 1. The molecular weight excluding hydrogens is 198 g/mol. The molecule has 0 aromatic rings. The molecule has 0 fully saturated rings. The van der Waals surface area contributed by atoms with Gasteiger partial charge in [-0.1, -0.05) is 13.8 Å². The van der Waals surface area contributed by atoms with E-state index in [0.29, 0.717) is 13.0 Å². The molecule has 0 aromatic heterocycles. The average Bonchev–Trinajstić information content (AvgIpc) is 2.15. The van der Waals surface area contributed by atoms with Gasteiger partial charge in [0.15, 0.2) is 0 Å². The van der Waals surface area contributed by atoms with Gasteiger partial charge in [-0.15, -0.1) is 0 Å². The Bertz CT molecular complexity index is 213. The van der Waals surface area contributed by atoms with Gasteiger partial charge >= 0.3 is 5.97 Å². The van der Waals surface area contributed by atoms with Crippen molar-refractivity contribution in [3.8, 4) is 0 Å². The van der Waals surface area contributed by atoms with E-state index in [1.165, 1.54) is 7.11 Å². The van der Waals surface area contributed by atoms with Gasteiger partial charge in [0.1, 0.15) is 6.10 Å². The van der Waals surface area contributed by atoms with Crippen LogP contribution in [0.1, 0.15) is 26.7 Å². The smallest absolute Gasteiger partial charge is 0.303 e. The predicted octanol–water partition coefficient (Wildman–Crippen LogP) is 0.638. The zero-order valence-corrected chi connectivity index (χ0v) is 9.45. The molecule has 2 unspecified atom stereocenters. The first-order chi connectivity index (χ1) is 7.01. The normalized spacial score (nSPS) is 14.3. The van der Waals surface area contributed by atoms with Crippen LogP contribution in [0.15, 0.2) is 0 Å².